The van der Waals surface area contributed by atoms with E-state index in [1.165, 1.54) is 16.7 Å². The van der Waals surface area contributed by atoms with E-state index >= 15 is 0 Å². The molecular formula is C10H9Cl2Zr. The van der Waals surface area contributed by atoms with Crippen LogP contribution in [-0.4, -0.2) is 0 Å². The number of rotatable bonds is 0. The molecule has 2 rings (SSSR count). The largest absolute Gasteiger partial charge is 1.00 e. The molecule has 0 fully saturated rings. The third-order valence-corrected chi connectivity index (χ3v) is 3.28. The molecule has 1 unspecified atom stereocenters. The van der Waals surface area contributed by atoms with Crippen molar-refractivity contribution in [2.75, 3.05) is 0 Å². The summed E-state index contributed by atoms with van der Waals surface area (Å²) in [7, 11) is 0. The maximum absolute atomic E-state index is 2.30. The summed E-state index contributed by atoms with van der Waals surface area (Å²) >= 11 is 1.59. The van der Waals surface area contributed by atoms with Gasteiger partial charge in [0.1, 0.15) is 0 Å². The molecule has 1 aromatic rings. The smallest absolute Gasteiger partial charge is 1.00 e. The standard InChI is InChI=1S/C10H9.2ClH.Zr/c1-8-5-6-9-3-2-4-10(9)7-8;;;/h2-7H,1H3;2*1H;/q;;;+2/p-2. The minimum atomic E-state index is 0. The Labute approximate surface area is 106 Å². The van der Waals surface area contributed by atoms with Gasteiger partial charge in [0.15, 0.2) is 0 Å². The Morgan fingerprint density at radius 2 is 1.92 bits per heavy atom. The molecule has 3 heteroatoms. The summed E-state index contributed by atoms with van der Waals surface area (Å²) in [6.45, 7) is 2.15. The van der Waals surface area contributed by atoms with Crippen molar-refractivity contribution in [2.24, 2.45) is 0 Å². The van der Waals surface area contributed by atoms with Crippen molar-refractivity contribution in [3.05, 3.63) is 41.0 Å². The van der Waals surface area contributed by atoms with E-state index in [1.807, 2.05) is 0 Å². The van der Waals surface area contributed by atoms with Gasteiger partial charge in [-0.1, -0.05) is 0 Å². The first-order valence-electron chi connectivity index (χ1n) is 3.77. The molecule has 67 valence electrons. The molecule has 0 N–H and O–H groups in total. The minimum absolute atomic E-state index is 0. The van der Waals surface area contributed by atoms with Crippen LogP contribution >= 0.6 is 0 Å². The van der Waals surface area contributed by atoms with Gasteiger partial charge in [0.05, 0.1) is 0 Å². The predicted octanol–water partition coefficient (Wildman–Crippen LogP) is -3.38. The van der Waals surface area contributed by atoms with E-state index in [-0.39, 0.29) is 24.8 Å². The van der Waals surface area contributed by atoms with Crippen molar-refractivity contribution in [2.45, 2.75) is 10.5 Å². The number of halogens is 2. The molecule has 0 aromatic heterocycles. The number of aryl methyl sites for hydroxylation is 1. The summed E-state index contributed by atoms with van der Waals surface area (Å²) in [6, 6.07) is 6.69. The third-order valence-electron chi connectivity index (χ3n) is 2.05. The predicted molar refractivity (Wildman–Crippen MR) is 43.0 cm³/mol. The van der Waals surface area contributed by atoms with Crippen molar-refractivity contribution >= 4 is 6.08 Å². The fraction of sp³-hybridized carbons (Fsp3) is 0.200. The second-order valence-electron chi connectivity index (χ2n) is 2.97. The van der Waals surface area contributed by atoms with Gasteiger partial charge >= 0.3 is 82.3 Å². The van der Waals surface area contributed by atoms with Crippen LogP contribution in [0.25, 0.3) is 6.08 Å². The van der Waals surface area contributed by atoms with E-state index in [0.717, 1.165) is 0 Å². The average Bonchev–Trinajstić information content (AvgIpc) is 2.33. The van der Waals surface area contributed by atoms with Crippen molar-refractivity contribution < 1.29 is 49.5 Å². The number of benzene rings is 1. The maximum Gasteiger partial charge on any atom is -1.00 e. The van der Waals surface area contributed by atoms with E-state index in [2.05, 4.69) is 37.3 Å². The van der Waals surface area contributed by atoms with Gasteiger partial charge in [-0.15, -0.1) is 0 Å². The molecule has 0 spiro atoms. The van der Waals surface area contributed by atoms with Gasteiger partial charge in [0.25, 0.3) is 0 Å². The van der Waals surface area contributed by atoms with Crippen LogP contribution in [0.5, 0.6) is 0 Å². The van der Waals surface area contributed by atoms with Gasteiger partial charge < -0.3 is 24.8 Å². The second-order valence-corrected chi connectivity index (χ2v) is 4.50. The summed E-state index contributed by atoms with van der Waals surface area (Å²) in [5, 5.41) is 0. The molecule has 0 saturated carbocycles. The van der Waals surface area contributed by atoms with Crippen LogP contribution in [0.4, 0.5) is 0 Å². The van der Waals surface area contributed by atoms with E-state index in [1.54, 1.807) is 24.7 Å². The van der Waals surface area contributed by atoms with Gasteiger partial charge in [-0.3, -0.25) is 0 Å². The molecule has 0 amide bonds. The zero-order valence-electron chi connectivity index (χ0n) is 7.22. The molecule has 13 heavy (non-hydrogen) atoms. The number of fused-ring (bicyclic) bond motifs is 1. The molecule has 1 aliphatic rings. The molecular weight excluding hydrogens is 282 g/mol. The molecule has 0 radical (unpaired) electrons. The maximum atomic E-state index is 2.30. The van der Waals surface area contributed by atoms with Crippen molar-refractivity contribution in [3.8, 4) is 0 Å². The average molecular weight is 291 g/mol. The van der Waals surface area contributed by atoms with E-state index in [4.69, 9.17) is 0 Å². The van der Waals surface area contributed by atoms with E-state index < -0.39 is 0 Å². The minimum Gasteiger partial charge on any atom is -1.00 e. The molecule has 0 saturated heterocycles. The van der Waals surface area contributed by atoms with Crippen LogP contribution in [0, 0.1) is 6.92 Å². The fourth-order valence-corrected chi connectivity index (χ4v) is 2.27. The second kappa shape index (κ2) is 5.34. The van der Waals surface area contributed by atoms with Crippen LogP contribution in [-0.2, 0) is 24.7 Å². The van der Waals surface area contributed by atoms with Crippen LogP contribution in [0.2, 0.25) is 0 Å². The van der Waals surface area contributed by atoms with Crippen molar-refractivity contribution in [1.29, 1.82) is 0 Å². The van der Waals surface area contributed by atoms with E-state index in [9.17, 15) is 0 Å². The number of hydrogen-bond acceptors (Lipinski definition) is 0. The Morgan fingerprint density at radius 3 is 2.62 bits per heavy atom. The van der Waals surface area contributed by atoms with Crippen LogP contribution < -0.4 is 24.8 Å². The Bertz CT molecular complexity index is 321. The topological polar surface area (TPSA) is 0 Å². The summed E-state index contributed by atoms with van der Waals surface area (Å²) in [5.74, 6) is 0. The van der Waals surface area contributed by atoms with Gasteiger partial charge in [-0.25, -0.2) is 0 Å². The molecule has 0 nitrogen and oxygen atoms in total. The first-order chi connectivity index (χ1) is 5.27. The van der Waals surface area contributed by atoms with Crippen LogP contribution in [0.1, 0.15) is 20.3 Å². The monoisotopic (exact) mass is 289 g/mol. The first-order valence-corrected chi connectivity index (χ1v) is 5.19. The zero-order chi connectivity index (χ0) is 7.84. The zero-order valence-corrected chi connectivity index (χ0v) is 11.2. The Balaban J connectivity index is 0.000000720. The van der Waals surface area contributed by atoms with Crippen LogP contribution in [0.15, 0.2) is 24.3 Å². The van der Waals surface area contributed by atoms with Gasteiger partial charge in [0, 0.05) is 0 Å². The first kappa shape index (κ1) is 13.4. The summed E-state index contributed by atoms with van der Waals surface area (Å²) in [6.07, 6.45) is 4.52. The quantitative estimate of drug-likeness (QED) is 0.468. The molecule has 0 heterocycles. The summed E-state index contributed by atoms with van der Waals surface area (Å²) < 4.78 is 0.706. The number of allylic oxidation sites excluding steroid dienone is 1. The third kappa shape index (κ3) is 2.68. The Morgan fingerprint density at radius 1 is 1.23 bits per heavy atom. The Hall–Kier alpha value is 0.423. The molecule has 1 aliphatic carbocycles. The fourth-order valence-electron chi connectivity index (χ4n) is 1.42. The normalized spacial score (nSPS) is 17.3. The van der Waals surface area contributed by atoms with Gasteiger partial charge in [-0.2, -0.15) is 0 Å². The van der Waals surface area contributed by atoms with Crippen molar-refractivity contribution in [3.63, 3.8) is 0 Å². The Kier molecular flexibility index (Phi) is 5.51. The van der Waals surface area contributed by atoms with Gasteiger partial charge in [0.2, 0.25) is 0 Å². The van der Waals surface area contributed by atoms with Crippen molar-refractivity contribution in [1.82, 2.24) is 0 Å². The van der Waals surface area contributed by atoms with Crippen LogP contribution in [0.3, 0.4) is 0 Å². The summed E-state index contributed by atoms with van der Waals surface area (Å²) in [5.41, 5.74) is 4.31. The summed E-state index contributed by atoms with van der Waals surface area (Å²) in [4.78, 5) is 0. The molecule has 0 bridgehead atoms. The molecule has 1 atom stereocenters. The molecule has 0 aliphatic heterocycles. The SMILES string of the molecule is Cc1ccc2c(c1)[CH]([Zr+2])C=C2.[Cl-].[Cl-]. The molecule has 1 aromatic carbocycles. The van der Waals surface area contributed by atoms with Gasteiger partial charge in [-0.05, 0) is 0 Å². The van der Waals surface area contributed by atoms with E-state index in [0.29, 0.717) is 3.63 Å². The number of hydrogen-bond donors (Lipinski definition) is 0.